The Morgan fingerprint density at radius 3 is 2.00 bits per heavy atom. The third kappa shape index (κ3) is 1.07. The Labute approximate surface area is 49.3 Å². The van der Waals surface area contributed by atoms with Crippen LogP contribution in [0.3, 0.4) is 0 Å². The molecule has 1 aliphatic carbocycles. The van der Waals surface area contributed by atoms with Gasteiger partial charge in [0, 0.05) is 6.04 Å². The number of rotatable bonds is 1. The maximum Gasteiger partial charge on any atom is 0.0507 e. The van der Waals surface area contributed by atoms with Gasteiger partial charge in [0.05, 0.1) is 5.38 Å². The molecule has 0 N–H and O–H groups in total. The van der Waals surface area contributed by atoms with E-state index in [1.54, 1.807) is 0 Å². The molecule has 1 nitrogen and oxygen atoms in total. The van der Waals surface area contributed by atoms with E-state index in [9.17, 15) is 0 Å². The molecule has 0 aromatic carbocycles. The minimum Gasteiger partial charge on any atom is -0.305 e. The topological polar surface area (TPSA) is 3.24 Å². The first-order valence-electron chi connectivity index (χ1n) is 2.52. The third-order valence-electron chi connectivity index (χ3n) is 1.34. The van der Waals surface area contributed by atoms with Gasteiger partial charge in [-0.05, 0) is 20.5 Å². The van der Waals surface area contributed by atoms with Crippen LogP contribution >= 0.6 is 11.6 Å². The highest BCUT2D eigenvalue weighted by Crippen LogP contribution is 2.31. The smallest absolute Gasteiger partial charge is 0.0507 e. The van der Waals surface area contributed by atoms with E-state index in [0.29, 0.717) is 11.4 Å². The van der Waals surface area contributed by atoms with Crippen molar-refractivity contribution in [2.75, 3.05) is 14.1 Å². The number of hydrogen-bond donors (Lipinski definition) is 0. The summed E-state index contributed by atoms with van der Waals surface area (Å²) in [4.78, 5) is 2.16. The molecule has 1 fully saturated rings. The third-order valence-corrected chi connectivity index (χ3v) is 1.81. The minimum absolute atomic E-state index is 0.440. The van der Waals surface area contributed by atoms with Gasteiger partial charge in [0.1, 0.15) is 0 Å². The molecule has 0 bridgehead atoms. The Balaban J connectivity index is 2.20. The maximum atomic E-state index is 5.71. The molecule has 0 radical (unpaired) electrons. The highest BCUT2D eigenvalue weighted by atomic mass is 35.5. The molecule has 7 heavy (non-hydrogen) atoms. The van der Waals surface area contributed by atoms with Gasteiger partial charge in [-0.2, -0.15) is 0 Å². The van der Waals surface area contributed by atoms with Crippen molar-refractivity contribution in [3.8, 4) is 0 Å². The average molecular weight is 120 g/mol. The van der Waals surface area contributed by atoms with Crippen LogP contribution in [0.2, 0.25) is 0 Å². The van der Waals surface area contributed by atoms with Crippen LogP contribution in [0, 0.1) is 0 Å². The zero-order chi connectivity index (χ0) is 5.44. The molecule has 1 aliphatic rings. The fourth-order valence-electron chi connectivity index (χ4n) is 0.686. The van der Waals surface area contributed by atoms with Crippen molar-refractivity contribution in [3.63, 3.8) is 0 Å². The minimum atomic E-state index is 0.440. The quantitative estimate of drug-likeness (QED) is 0.464. The van der Waals surface area contributed by atoms with E-state index >= 15 is 0 Å². The maximum absolute atomic E-state index is 5.71. The first kappa shape index (κ1) is 5.39. The van der Waals surface area contributed by atoms with Crippen molar-refractivity contribution in [2.45, 2.75) is 17.8 Å². The highest BCUT2D eigenvalue weighted by molar-refractivity contribution is 6.23. The molecule has 0 heterocycles. The van der Waals surface area contributed by atoms with E-state index in [0.717, 1.165) is 0 Å². The predicted molar refractivity (Wildman–Crippen MR) is 31.7 cm³/mol. The lowest BCUT2D eigenvalue weighted by atomic mass is 10.6. The van der Waals surface area contributed by atoms with Crippen LogP contribution in [-0.4, -0.2) is 30.4 Å². The molecule has 0 aromatic rings. The van der Waals surface area contributed by atoms with E-state index in [2.05, 4.69) is 19.0 Å². The van der Waals surface area contributed by atoms with Crippen molar-refractivity contribution < 1.29 is 0 Å². The van der Waals surface area contributed by atoms with E-state index in [1.165, 1.54) is 6.42 Å². The van der Waals surface area contributed by atoms with Crippen LogP contribution in [0.5, 0.6) is 0 Å². The summed E-state index contributed by atoms with van der Waals surface area (Å²) in [6.45, 7) is 0. The van der Waals surface area contributed by atoms with Crippen LogP contribution in [0.4, 0.5) is 0 Å². The van der Waals surface area contributed by atoms with Gasteiger partial charge in [0.25, 0.3) is 0 Å². The summed E-state index contributed by atoms with van der Waals surface area (Å²) >= 11 is 5.71. The molecule has 0 spiro atoms. The molecule has 1 saturated carbocycles. The molecule has 0 aromatic heterocycles. The summed E-state index contributed by atoms with van der Waals surface area (Å²) in [6, 6.07) is 0.668. The lowest BCUT2D eigenvalue weighted by molar-refractivity contribution is 0.400. The highest BCUT2D eigenvalue weighted by Gasteiger charge is 2.36. The van der Waals surface area contributed by atoms with Crippen LogP contribution in [0.15, 0.2) is 0 Å². The Hall–Kier alpha value is 0.250. The Bertz CT molecular complexity index is 72.5. The first-order valence-corrected chi connectivity index (χ1v) is 2.96. The van der Waals surface area contributed by atoms with E-state index in [1.807, 2.05) is 0 Å². The van der Waals surface area contributed by atoms with Gasteiger partial charge < -0.3 is 4.90 Å². The van der Waals surface area contributed by atoms with Gasteiger partial charge in [-0.25, -0.2) is 0 Å². The van der Waals surface area contributed by atoms with Crippen molar-refractivity contribution in [3.05, 3.63) is 0 Å². The summed E-state index contributed by atoms with van der Waals surface area (Å²) in [6.07, 6.45) is 1.18. The number of nitrogens with zero attached hydrogens (tertiary/aromatic N) is 1. The standard InChI is InChI=1S/C5H10ClN/c1-7(2)5-3-4(5)6/h4-5H,3H2,1-2H3. The number of halogens is 1. The van der Waals surface area contributed by atoms with Crippen molar-refractivity contribution >= 4 is 11.6 Å². The zero-order valence-electron chi connectivity index (χ0n) is 4.69. The van der Waals surface area contributed by atoms with E-state index < -0.39 is 0 Å². The van der Waals surface area contributed by atoms with Gasteiger partial charge in [-0.3, -0.25) is 0 Å². The lowest BCUT2D eigenvalue weighted by Gasteiger charge is -2.04. The summed E-state index contributed by atoms with van der Waals surface area (Å²) in [5.41, 5.74) is 0. The second-order valence-corrected chi connectivity index (χ2v) is 2.84. The molecule has 42 valence electrons. The summed E-state index contributed by atoms with van der Waals surface area (Å²) in [5.74, 6) is 0. The summed E-state index contributed by atoms with van der Waals surface area (Å²) < 4.78 is 0. The Morgan fingerprint density at radius 1 is 1.57 bits per heavy atom. The number of alkyl halides is 1. The van der Waals surface area contributed by atoms with Crippen LogP contribution in [0.1, 0.15) is 6.42 Å². The fourth-order valence-corrected chi connectivity index (χ4v) is 1.09. The second-order valence-electron chi connectivity index (χ2n) is 2.28. The van der Waals surface area contributed by atoms with Gasteiger partial charge >= 0.3 is 0 Å². The second kappa shape index (κ2) is 1.64. The van der Waals surface area contributed by atoms with Crippen molar-refractivity contribution in [1.82, 2.24) is 4.90 Å². The monoisotopic (exact) mass is 119 g/mol. The first-order chi connectivity index (χ1) is 3.22. The van der Waals surface area contributed by atoms with Gasteiger partial charge in [-0.15, -0.1) is 11.6 Å². The molecule has 1 rings (SSSR count). The zero-order valence-corrected chi connectivity index (χ0v) is 5.44. The molecule has 2 unspecified atom stereocenters. The molecule has 0 aliphatic heterocycles. The van der Waals surface area contributed by atoms with Gasteiger partial charge in [0.2, 0.25) is 0 Å². The Kier molecular flexibility index (Phi) is 1.26. The largest absolute Gasteiger partial charge is 0.305 e. The molecular weight excluding hydrogens is 110 g/mol. The molecule has 0 amide bonds. The van der Waals surface area contributed by atoms with E-state index in [4.69, 9.17) is 11.6 Å². The van der Waals surface area contributed by atoms with Crippen molar-refractivity contribution in [1.29, 1.82) is 0 Å². The predicted octanol–water partition coefficient (Wildman–Crippen LogP) is 0.928. The molecular formula is C5H10ClN. The van der Waals surface area contributed by atoms with Gasteiger partial charge in [-0.1, -0.05) is 0 Å². The summed E-state index contributed by atoms with van der Waals surface area (Å²) in [7, 11) is 4.13. The van der Waals surface area contributed by atoms with Gasteiger partial charge in [0.15, 0.2) is 0 Å². The summed E-state index contributed by atoms with van der Waals surface area (Å²) in [5, 5.41) is 0.440. The fraction of sp³-hybridized carbons (Fsp3) is 1.00. The number of hydrogen-bond acceptors (Lipinski definition) is 1. The molecule has 0 saturated heterocycles. The molecule has 2 heteroatoms. The molecule has 2 atom stereocenters. The van der Waals surface area contributed by atoms with Crippen LogP contribution < -0.4 is 0 Å². The Morgan fingerprint density at radius 2 is 2.00 bits per heavy atom. The lowest BCUT2D eigenvalue weighted by Crippen LogP contribution is -2.15. The van der Waals surface area contributed by atoms with E-state index in [-0.39, 0.29) is 0 Å². The van der Waals surface area contributed by atoms with Crippen LogP contribution in [0.25, 0.3) is 0 Å². The van der Waals surface area contributed by atoms with Crippen molar-refractivity contribution in [2.24, 2.45) is 0 Å². The normalized spacial score (nSPS) is 39.4. The SMILES string of the molecule is CN(C)C1CC1Cl. The van der Waals surface area contributed by atoms with Crippen LogP contribution in [-0.2, 0) is 0 Å². The average Bonchev–Trinajstić information content (AvgIpc) is 2.17.